The fraction of sp³-hybridized carbons (Fsp3) is 0.250. The highest BCUT2D eigenvalue weighted by molar-refractivity contribution is 5.88. The third-order valence-electron chi connectivity index (χ3n) is 2.93. The van der Waals surface area contributed by atoms with Crippen molar-refractivity contribution < 1.29 is 14.6 Å². The minimum Gasteiger partial charge on any atom is -0.486 e. The number of carbonyl (C=O) groups is 1. The Morgan fingerprint density at radius 2 is 1.90 bits per heavy atom. The predicted octanol–water partition coefficient (Wildman–Crippen LogP) is 3.31. The second-order valence-corrected chi connectivity index (χ2v) is 4.51. The molecule has 0 atom stereocenters. The van der Waals surface area contributed by atoms with Crippen LogP contribution in [-0.2, 0) is 13.0 Å². The topological polar surface area (TPSA) is 59.4 Å². The average Bonchev–Trinajstić information content (AvgIpc) is 2.47. The van der Waals surface area contributed by atoms with Crippen LogP contribution in [0, 0.1) is 0 Å². The molecular formula is C16H17NO3. The van der Waals surface area contributed by atoms with Crippen LogP contribution in [-0.4, -0.2) is 16.1 Å². The van der Waals surface area contributed by atoms with Crippen LogP contribution in [0.2, 0.25) is 0 Å². The highest BCUT2D eigenvalue weighted by Gasteiger charge is 2.12. The first kappa shape index (κ1) is 14.1. The summed E-state index contributed by atoms with van der Waals surface area (Å²) in [6.45, 7) is 2.48. The van der Waals surface area contributed by atoms with Crippen molar-refractivity contribution in [2.24, 2.45) is 0 Å². The lowest BCUT2D eigenvalue weighted by Crippen LogP contribution is -2.05. The Morgan fingerprint density at radius 3 is 2.55 bits per heavy atom. The van der Waals surface area contributed by atoms with E-state index in [0.29, 0.717) is 6.61 Å². The van der Waals surface area contributed by atoms with Gasteiger partial charge in [0.2, 0.25) is 0 Å². The summed E-state index contributed by atoms with van der Waals surface area (Å²) in [6.07, 6.45) is 3.62. The van der Waals surface area contributed by atoms with Crippen molar-refractivity contribution in [2.75, 3.05) is 0 Å². The van der Waals surface area contributed by atoms with Gasteiger partial charge in [0.1, 0.15) is 6.61 Å². The molecule has 2 rings (SSSR count). The van der Waals surface area contributed by atoms with Gasteiger partial charge in [0.15, 0.2) is 11.4 Å². The molecule has 0 saturated carbocycles. The van der Waals surface area contributed by atoms with E-state index in [2.05, 4.69) is 24.0 Å². The Kier molecular flexibility index (Phi) is 4.71. The number of benzene rings is 1. The number of rotatable bonds is 6. The molecule has 0 aliphatic rings. The number of nitrogens with zero attached hydrogens (tertiary/aromatic N) is 1. The van der Waals surface area contributed by atoms with Crippen molar-refractivity contribution in [2.45, 2.75) is 26.4 Å². The quantitative estimate of drug-likeness (QED) is 0.875. The van der Waals surface area contributed by atoms with Crippen LogP contribution < -0.4 is 4.74 Å². The molecule has 4 nitrogen and oxygen atoms in total. The lowest BCUT2D eigenvalue weighted by Gasteiger charge is -2.08. The second-order valence-electron chi connectivity index (χ2n) is 4.51. The van der Waals surface area contributed by atoms with Crippen LogP contribution in [0.4, 0.5) is 0 Å². The normalized spacial score (nSPS) is 10.2. The smallest absolute Gasteiger partial charge is 0.358 e. The zero-order valence-electron chi connectivity index (χ0n) is 11.4. The minimum absolute atomic E-state index is 0.0601. The highest BCUT2D eigenvalue weighted by Crippen LogP contribution is 2.17. The molecule has 104 valence electrons. The first-order valence-electron chi connectivity index (χ1n) is 6.59. The van der Waals surface area contributed by atoms with Crippen molar-refractivity contribution in [3.05, 3.63) is 59.4 Å². The molecule has 1 aromatic carbocycles. The molecular weight excluding hydrogens is 254 g/mol. The third kappa shape index (κ3) is 3.57. The van der Waals surface area contributed by atoms with Gasteiger partial charge in [-0.15, -0.1) is 0 Å². The summed E-state index contributed by atoms with van der Waals surface area (Å²) in [6, 6.07) is 11.4. The molecule has 0 aliphatic carbocycles. The standard InChI is InChI=1S/C16H17NO3/c1-2-4-12-6-8-13(9-7-12)11-20-14-5-3-10-17-15(14)16(18)19/h3,5-10H,2,4,11H2,1H3,(H,18,19). The van der Waals surface area contributed by atoms with E-state index in [1.165, 1.54) is 11.8 Å². The Labute approximate surface area is 118 Å². The van der Waals surface area contributed by atoms with Gasteiger partial charge in [-0.25, -0.2) is 9.78 Å². The molecule has 0 unspecified atom stereocenters. The van der Waals surface area contributed by atoms with E-state index in [-0.39, 0.29) is 11.4 Å². The maximum Gasteiger partial charge on any atom is 0.358 e. The number of aryl methyl sites for hydroxylation is 1. The fourth-order valence-electron chi connectivity index (χ4n) is 1.92. The number of aromatic carboxylic acids is 1. The van der Waals surface area contributed by atoms with Crippen molar-refractivity contribution in [1.82, 2.24) is 4.98 Å². The van der Waals surface area contributed by atoms with Gasteiger partial charge in [-0.3, -0.25) is 0 Å². The van der Waals surface area contributed by atoms with E-state index >= 15 is 0 Å². The van der Waals surface area contributed by atoms with E-state index in [1.54, 1.807) is 12.1 Å². The maximum atomic E-state index is 11.0. The molecule has 0 amide bonds. The van der Waals surface area contributed by atoms with Crippen molar-refractivity contribution in [1.29, 1.82) is 0 Å². The lowest BCUT2D eigenvalue weighted by atomic mass is 10.1. The second kappa shape index (κ2) is 6.70. The molecule has 0 aliphatic heterocycles. The molecule has 1 aromatic heterocycles. The number of ether oxygens (including phenoxy) is 1. The van der Waals surface area contributed by atoms with Crippen molar-refractivity contribution in [3.63, 3.8) is 0 Å². The van der Waals surface area contributed by atoms with Gasteiger partial charge in [-0.1, -0.05) is 37.6 Å². The van der Waals surface area contributed by atoms with Crippen LogP contribution >= 0.6 is 0 Å². The molecule has 4 heteroatoms. The van der Waals surface area contributed by atoms with Crippen LogP contribution in [0.15, 0.2) is 42.6 Å². The summed E-state index contributed by atoms with van der Waals surface area (Å²) in [7, 11) is 0. The molecule has 20 heavy (non-hydrogen) atoms. The third-order valence-corrected chi connectivity index (χ3v) is 2.93. The zero-order chi connectivity index (χ0) is 14.4. The SMILES string of the molecule is CCCc1ccc(COc2cccnc2C(=O)O)cc1. The van der Waals surface area contributed by atoms with Crippen molar-refractivity contribution in [3.8, 4) is 5.75 Å². The zero-order valence-corrected chi connectivity index (χ0v) is 11.4. The Morgan fingerprint density at radius 1 is 1.20 bits per heavy atom. The summed E-state index contributed by atoms with van der Waals surface area (Å²) < 4.78 is 5.54. The molecule has 1 heterocycles. The van der Waals surface area contributed by atoms with E-state index in [1.807, 2.05) is 12.1 Å². The Bertz CT molecular complexity index is 579. The summed E-state index contributed by atoms with van der Waals surface area (Å²) in [5.41, 5.74) is 2.24. The number of aromatic nitrogens is 1. The molecule has 1 N–H and O–H groups in total. The average molecular weight is 271 g/mol. The van der Waals surface area contributed by atoms with Gasteiger partial charge in [0.25, 0.3) is 0 Å². The van der Waals surface area contributed by atoms with Crippen LogP contribution in [0.25, 0.3) is 0 Å². The Balaban J connectivity index is 2.03. The van der Waals surface area contributed by atoms with Gasteiger partial charge in [0.05, 0.1) is 0 Å². The van der Waals surface area contributed by atoms with E-state index in [9.17, 15) is 4.79 Å². The molecule has 0 saturated heterocycles. The van der Waals surface area contributed by atoms with Gasteiger partial charge in [0, 0.05) is 6.20 Å². The molecule has 2 aromatic rings. The first-order chi connectivity index (χ1) is 9.70. The van der Waals surface area contributed by atoms with Crippen LogP contribution in [0.1, 0.15) is 35.0 Å². The number of pyridine rings is 1. The van der Waals surface area contributed by atoms with E-state index in [0.717, 1.165) is 18.4 Å². The largest absolute Gasteiger partial charge is 0.486 e. The molecule has 0 fully saturated rings. The summed E-state index contributed by atoms with van der Waals surface area (Å²) in [4.78, 5) is 14.8. The number of carboxylic acids is 1. The van der Waals surface area contributed by atoms with Gasteiger partial charge >= 0.3 is 5.97 Å². The Hall–Kier alpha value is -2.36. The monoisotopic (exact) mass is 271 g/mol. The van der Waals surface area contributed by atoms with Crippen LogP contribution in [0.3, 0.4) is 0 Å². The van der Waals surface area contributed by atoms with Gasteiger partial charge in [-0.2, -0.15) is 0 Å². The maximum absolute atomic E-state index is 11.0. The van der Waals surface area contributed by atoms with Gasteiger partial charge < -0.3 is 9.84 Å². The predicted molar refractivity (Wildman–Crippen MR) is 76.0 cm³/mol. The fourth-order valence-corrected chi connectivity index (χ4v) is 1.92. The molecule has 0 spiro atoms. The number of hydrogen-bond donors (Lipinski definition) is 1. The lowest BCUT2D eigenvalue weighted by molar-refractivity contribution is 0.0685. The summed E-state index contributed by atoms with van der Waals surface area (Å²) in [5, 5.41) is 9.02. The van der Waals surface area contributed by atoms with E-state index in [4.69, 9.17) is 9.84 Å². The minimum atomic E-state index is -1.08. The highest BCUT2D eigenvalue weighted by atomic mass is 16.5. The first-order valence-corrected chi connectivity index (χ1v) is 6.59. The number of hydrogen-bond acceptors (Lipinski definition) is 3. The molecule has 0 bridgehead atoms. The van der Waals surface area contributed by atoms with Crippen LogP contribution in [0.5, 0.6) is 5.75 Å². The van der Waals surface area contributed by atoms with E-state index < -0.39 is 5.97 Å². The molecule has 0 radical (unpaired) electrons. The van der Waals surface area contributed by atoms with Gasteiger partial charge in [-0.05, 0) is 29.7 Å². The number of carboxylic acid groups (broad SMARTS) is 1. The summed E-state index contributed by atoms with van der Waals surface area (Å²) >= 11 is 0. The van der Waals surface area contributed by atoms with Crippen molar-refractivity contribution >= 4 is 5.97 Å². The summed E-state index contributed by atoms with van der Waals surface area (Å²) in [5.74, 6) is -0.795.